The van der Waals surface area contributed by atoms with Crippen LogP contribution in [0, 0.1) is 0 Å². The average Bonchev–Trinajstić information content (AvgIpc) is 2.47. The van der Waals surface area contributed by atoms with Gasteiger partial charge in [0, 0.05) is 6.42 Å². The van der Waals surface area contributed by atoms with Crippen LogP contribution in [0.4, 0.5) is 0 Å². The number of hydrogen-bond acceptors (Lipinski definition) is 3. The Hall–Kier alpha value is -1.68. The minimum Gasteiger partial charge on any atom is -0.385 e. The fraction of sp³-hybridized carbons (Fsp3) is 0.294. The predicted molar refractivity (Wildman–Crippen MR) is 79.8 cm³/mol. The Morgan fingerprint density at radius 3 is 2.20 bits per heavy atom. The van der Waals surface area contributed by atoms with Gasteiger partial charge >= 0.3 is 0 Å². The van der Waals surface area contributed by atoms with Crippen LogP contribution in [0.15, 0.2) is 60.7 Å². The summed E-state index contributed by atoms with van der Waals surface area (Å²) in [5.74, 6) is 0. The molecule has 3 heteroatoms. The summed E-state index contributed by atoms with van der Waals surface area (Å²) in [5.41, 5.74) is 6.89. The molecule has 3 N–H and O–H groups in total. The van der Waals surface area contributed by atoms with Crippen LogP contribution >= 0.6 is 0 Å². The zero-order chi connectivity index (χ0) is 14.4. The van der Waals surface area contributed by atoms with E-state index in [-0.39, 0.29) is 0 Å². The van der Waals surface area contributed by atoms with Crippen molar-refractivity contribution in [3.05, 3.63) is 71.8 Å². The van der Waals surface area contributed by atoms with Gasteiger partial charge in [-0.25, -0.2) is 0 Å². The van der Waals surface area contributed by atoms with Crippen LogP contribution in [0.3, 0.4) is 0 Å². The summed E-state index contributed by atoms with van der Waals surface area (Å²) < 4.78 is 5.60. The Labute approximate surface area is 120 Å². The smallest absolute Gasteiger partial charge is 0.109 e. The van der Waals surface area contributed by atoms with Gasteiger partial charge in [0.15, 0.2) is 0 Å². The molecule has 106 valence electrons. The van der Waals surface area contributed by atoms with Crippen molar-refractivity contribution >= 4 is 0 Å². The van der Waals surface area contributed by atoms with E-state index < -0.39 is 11.8 Å². The van der Waals surface area contributed by atoms with E-state index in [0.717, 1.165) is 11.1 Å². The third kappa shape index (κ3) is 4.17. The van der Waals surface area contributed by atoms with Gasteiger partial charge in [-0.05, 0) is 18.1 Å². The molecular weight excluding hydrogens is 250 g/mol. The van der Waals surface area contributed by atoms with E-state index in [1.165, 1.54) is 0 Å². The minimum atomic E-state index is -0.989. The molecule has 0 heterocycles. The molecule has 0 aliphatic heterocycles. The van der Waals surface area contributed by atoms with Crippen LogP contribution in [0.5, 0.6) is 0 Å². The van der Waals surface area contributed by atoms with Gasteiger partial charge < -0.3 is 15.6 Å². The maximum absolute atomic E-state index is 10.5. The average molecular weight is 271 g/mol. The molecule has 0 fully saturated rings. The van der Waals surface area contributed by atoms with E-state index in [4.69, 9.17) is 10.5 Å². The Morgan fingerprint density at radius 2 is 1.60 bits per heavy atom. The van der Waals surface area contributed by atoms with Crippen LogP contribution in [0.25, 0.3) is 0 Å². The van der Waals surface area contributed by atoms with Gasteiger partial charge in [0.25, 0.3) is 0 Å². The van der Waals surface area contributed by atoms with Crippen LogP contribution in [-0.4, -0.2) is 11.3 Å². The van der Waals surface area contributed by atoms with Gasteiger partial charge in [0.05, 0.1) is 12.2 Å². The first kappa shape index (κ1) is 14.7. The second-order valence-corrected chi connectivity index (χ2v) is 5.18. The van der Waals surface area contributed by atoms with Crippen molar-refractivity contribution in [3.63, 3.8) is 0 Å². The van der Waals surface area contributed by atoms with Gasteiger partial charge in [-0.2, -0.15) is 0 Å². The molecule has 0 aromatic heterocycles. The summed E-state index contributed by atoms with van der Waals surface area (Å²) in [7, 11) is 0. The standard InChI is InChI=1S/C17H21NO2/c1-17(19,15-10-6-3-7-11-15)12-16(18)20-13-14-8-4-2-5-9-14/h2-11,16,19H,12-13,18H2,1H3. The molecule has 0 radical (unpaired) electrons. The molecular formula is C17H21NO2. The van der Waals surface area contributed by atoms with Crippen LogP contribution in [0.2, 0.25) is 0 Å². The van der Waals surface area contributed by atoms with E-state index in [1.807, 2.05) is 60.7 Å². The Morgan fingerprint density at radius 1 is 1.05 bits per heavy atom. The van der Waals surface area contributed by atoms with Gasteiger partial charge in [0.2, 0.25) is 0 Å². The SMILES string of the molecule is CC(O)(CC(N)OCc1ccccc1)c1ccccc1. The number of hydrogen-bond donors (Lipinski definition) is 2. The van der Waals surface area contributed by atoms with Gasteiger partial charge in [-0.1, -0.05) is 60.7 Å². The topological polar surface area (TPSA) is 55.5 Å². The predicted octanol–water partition coefficient (Wildman–Crippen LogP) is 2.79. The maximum Gasteiger partial charge on any atom is 0.109 e. The molecule has 0 saturated carbocycles. The third-order valence-electron chi connectivity index (χ3n) is 3.30. The minimum absolute atomic E-state index is 0.351. The second kappa shape index (κ2) is 6.66. The lowest BCUT2D eigenvalue weighted by molar-refractivity contribution is -0.0365. The van der Waals surface area contributed by atoms with E-state index in [1.54, 1.807) is 6.92 Å². The molecule has 0 aliphatic carbocycles. The van der Waals surface area contributed by atoms with Crippen molar-refractivity contribution in [1.29, 1.82) is 0 Å². The summed E-state index contributed by atoms with van der Waals surface area (Å²) in [6.07, 6.45) is -0.158. The fourth-order valence-corrected chi connectivity index (χ4v) is 2.14. The number of ether oxygens (including phenoxy) is 1. The first-order chi connectivity index (χ1) is 9.58. The van der Waals surface area contributed by atoms with Crippen molar-refractivity contribution in [2.24, 2.45) is 5.73 Å². The maximum atomic E-state index is 10.5. The molecule has 2 unspecified atom stereocenters. The summed E-state index contributed by atoms with van der Waals surface area (Å²) in [5, 5.41) is 10.5. The highest BCUT2D eigenvalue weighted by atomic mass is 16.5. The zero-order valence-electron chi connectivity index (χ0n) is 11.7. The van der Waals surface area contributed by atoms with Gasteiger partial charge in [-0.3, -0.25) is 0 Å². The van der Waals surface area contributed by atoms with E-state index >= 15 is 0 Å². The van der Waals surface area contributed by atoms with Crippen molar-refractivity contribution in [2.45, 2.75) is 31.8 Å². The molecule has 2 rings (SSSR count). The van der Waals surface area contributed by atoms with Crippen LogP contribution in [0.1, 0.15) is 24.5 Å². The lowest BCUT2D eigenvalue weighted by Gasteiger charge is -2.27. The number of rotatable bonds is 6. The quantitative estimate of drug-likeness (QED) is 0.794. The Bertz CT molecular complexity index is 511. The molecule has 2 aromatic carbocycles. The lowest BCUT2D eigenvalue weighted by Crippen LogP contribution is -2.34. The molecule has 20 heavy (non-hydrogen) atoms. The Kier molecular flexibility index (Phi) is 4.90. The number of benzene rings is 2. The highest BCUT2D eigenvalue weighted by Crippen LogP contribution is 2.25. The largest absolute Gasteiger partial charge is 0.385 e. The van der Waals surface area contributed by atoms with Crippen LogP contribution in [-0.2, 0) is 16.9 Å². The van der Waals surface area contributed by atoms with E-state index in [0.29, 0.717) is 13.0 Å². The molecule has 0 bridgehead atoms. The normalized spacial score (nSPS) is 15.6. The van der Waals surface area contributed by atoms with Crippen molar-refractivity contribution in [1.82, 2.24) is 0 Å². The molecule has 2 aromatic rings. The zero-order valence-corrected chi connectivity index (χ0v) is 11.7. The summed E-state index contributed by atoms with van der Waals surface area (Å²) >= 11 is 0. The summed E-state index contributed by atoms with van der Waals surface area (Å²) in [6.45, 7) is 2.21. The summed E-state index contributed by atoms with van der Waals surface area (Å²) in [4.78, 5) is 0. The van der Waals surface area contributed by atoms with Gasteiger partial charge in [0.1, 0.15) is 6.23 Å². The summed E-state index contributed by atoms with van der Waals surface area (Å²) in [6, 6.07) is 19.4. The van der Waals surface area contributed by atoms with Gasteiger partial charge in [-0.15, -0.1) is 0 Å². The van der Waals surface area contributed by atoms with Crippen molar-refractivity contribution in [2.75, 3.05) is 0 Å². The van der Waals surface area contributed by atoms with E-state index in [9.17, 15) is 5.11 Å². The molecule has 0 amide bonds. The fourth-order valence-electron chi connectivity index (χ4n) is 2.14. The first-order valence-corrected chi connectivity index (χ1v) is 6.77. The van der Waals surface area contributed by atoms with Crippen molar-refractivity contribution < 1.29 is 9.84 Å². The second-order valence-electron chi connectivity index (χ2n) is 5.18. The number of nitrogens with two attached hydrogens (primary N) is 1. The molecule has 0 spiro atoms. The highest BCUT2D eigenvalue weighted by molar-refractivity contribution is 5.21. The molecule has 0 saturated heterocycles. The molecule has 2 atom stereocenters. The number of aliphatic hydroxyl groups is 1. The van der Waals surface area contributed by atoms with Crippen molar-refractivity contribution in [3.8, 4) is 0 Å². The highest BCUT2D eigenvalue weighted by Gasteiger charge is 2.26. The Balaban J connectivity index is 1.89. The third-order valence-corrected chi connectivity index (χ3v) is 3.30. The lowest BCUT2D eigenvalue weighted by atomic mass is 9.92. The van der Waals surface area contributed by atoms with Crippen LogP contribution < -0.4 is 5.73 Å². The molecule has 3 nitrogen and oxygen atoms in total. The first-order valence-electron chi connectivity index (χ1n) is 6.77. The molecule has 0 aliphatic rings. The van der Waals surface area contributed by atoms with E-state index in [2.05, 4.69) is 0 Å². The monoisotopic (exact) mass is 271 g/mol.